The van der Waals surface area contributed by atoms with E-state index >= 15 is 0 Å². The average molecular weight is 569 g/mol. The Kier molecular flexibility index (Phi) is 18.4. The first-order chi connectivity index (χ1) is 17.3. The summed E-state index contributed by atoms with van der Waals surface area (Å²) in [6.45, 7) is 31.0. The minimum absolute atomic E-state index is 0.250. The maximum Gasteiger partial charge on any atom is 0.373 e. The van der Waals surface area contributed by atoms with Gasteiger partial charge < -0.3 is 8.85 Å². The van der Waals surface area contributed by atoms with Crippen molar-refractivity contribution in [2.24, 2.45) is 11.8 Å². The summed E-state index contributed by atoms with van der Waals surface area (Å²) < 4.78 is 12.9. The summed E-state index contributed by atoms with van der Waals surface area (Å²) in [6.07, 6.45) is 15.6. The summed E-state index contributed by atoms with van der Waals surface area (Å²) in [5, 5.41) is 0.674. The van der Waals surface area contributed by atoms with Crippen LogP contribution >= 0.6 is 0 Å². The molecule has 0 N–H and O–H groups in total. The molecule has 0 unspecified atom stereocenters. The topological polar surface area (TPSA) is 86.7 Å². The van der Waals surface area contributed by atoms with Crippen molar-refractivity contribution in [2.75, 3.05) is 0 Å². The lowest BCUT2D eigenvalue weighted by Crippen LogP contribution is -2.43. The van der Waals surface area contributed by atoms with Gasteiger partial charge in [-0.1, -0.05) is 53.7 Å². The number of rotatable bonds is 8. The molecule has 8 heteroatoms. The molecule has 0 aromatic rings. The summed E-state index contributed by atoms with van der Waals surface area (Å²) >= 11 is 0. The van der Waals surface area contributed by atoms with Gasteiger partial charge in [0.2, 0.25) is 0 Å². The molecule has 0 radical (unpaired) electrons. The molecule has 0 amide bonds. The highest BCUT2D eigenvalue weighted by molar-refractivity contribution is 6.74. The Morgan fingerprint density at radius 2 is 0.921 bits per heavy atom. The standard InChI is InChI=1S/2C14H28OSi.2CO2/c2*1-7-8-12-9-10-13(11-12)15-16(5,6)14(2,3)4;2*2-1-3/h2*7,12-13H,1,8-11H2,2-6H3;;/t2*12-,13-;;/m10../s1. The van der Waals surface area contributed by atoms with Crippen molar-refractivity contribution in [1.82, 2.24) is 0 Å². The fourth-order valence-electron chi connectivity index (χ4n) is 4.36. The molecule has 220 valence electrons. The van der Waals surface area contributed by atoms with Gasteiger partial charge in [0, 0.05) is 12.2 Å². The van der Waals surface area contributed by atoms with Gasteiger partial charge in [-0.15, -0.1) is 13.2 Å². The lowest BCUT2D eigenvalue weighted by Gasteiger charge is -2.38. The van der Waals surface area contributed by atoms with E-state index in [1.54, 1.807) is 0 Å². The molecule has 2 aliphatic rings. The minimum atomic E-state index is -1.55. The van der Waals surface area contributed by atoms with Crippen LogP contribution in [-0.2, 0) is 28.0 Å². The molecule has 2 rings (SSSR count). The predicted molar refractivity (Wildman–Crippen MR) is 158 cm³/mol. The van der Waals surface area contributed by atoms with E-state index in [0.29, 0.717) is 22.3 Å². The Morgan fingerprint density at radius 3 is 1.13 bits per heavy atom. The first-order valence-corrected chi connectivity index (χ1v) is 19.7. The monoisotopic (exact) mass is 568 g/mol. The van der Waals surface area contributed by atoms with Gasteiger partial charge in [0.1, 0.15) is 0 Å². The van der Waals surface area contributed by atoms with Crippen LogP contribution in [0.15, 0.2) is 25.3 Å². The highest BCUT2D eigenvalue weighted by Crippen LogP contribution is 2.42. The van der Waals surface area contributed by atoms with Gasteiger partial charge in [-0.3, -0.25) is 0 Å². The third kappa shape index (κ3) is 15.3. The highest BCUT2D eigenvalue weighted by Gasteiger charge is 2.41. The van der Waals surface area contributed by atoms with Gasteiger partial charge in [0.05, 0.1) is 0 Å². The lowest BCUT2D eigenvalue weighted by molar-refractivity contribution is -0.193. The second-order valence-corrected chi connectivity index (χ2v) is 23.1. The lowest BCUT2D eigenvalue weighted by atomic mass is 10.0. The Bertz CT molecular complexity index is 688. The van der Waals surface area contributed by atoms with E-state index in [0.717, 1.165) is 24.7 Å². The predicted octanol–water partition coefficient (Wildman–Crippen LogP) is 8.34. The van der Waals surface area contributed by atoms with E-state index in [1.165, 1.54) is 38.5 Å². The van der Waals surface area contributed by atoms with Crippen LogP contribution in [0.3, 0.4) is 0 Å². The quantitative estimate of drug-likeness (QED) is 0.216. The van der Waals surface area contributed by atoms with Gasteiger partial charge in [-0.05, 0) is 99.5 Å². The second kappa shape index (κ2) is 18.0. The van der Waals surface area contributed by atoms with Crippen molar-refractivity contribution < 1.29 is 28.0 Å². The summed E-state index contributed by atoms with van der Waals surface area (Å²) in [4.78, 5) is 32.5. The molecule has 2 fully saturated rings. The van der Waals surface area contributed by atoms with Crippen molar-refractivity contribution in [3.63, 3.8) is 0 Å². The van der Waals surface area contributed by atoms with Crippen molar-refractivity contribution in [3.05, 3.63) is 25.3 Å². The summed E-state index contributed by atoms with van der Waals surface area (Å²) in [6, 6.07) is 0. The third-order valence-corrected chi connectivity index (χ3v) is 17.6. The zero-order valence-electron chi connectivity index (χ0n) is 26.0. The zero-order valence-corrected chi connectivity index (χ0v) is 28.0. The maximum atomic E-state index is 8.12. The van der Waals surface area contributed by atoms with Crippen LogP contribution in [0.5, 0.6) is 0 Å². The van der Waals surface area contributed by atoms with Crippen LogP contribution < -0.4 is 0 Å². The molecule has 2 saturated carbocycles. The second-order valence-electron chi connectivity index (χ2n) is 13.6. The fraction of sp³-hybridized carbons (Fsp3) is 0.800. The Labute approximate surface area is 235 Å². The van der Waals surface area contributed by atoms with Crippen LogP contribution in [0.25, 0.3) is 0 Å². The molecule has 2 aliphatic carbocycles. The highest BCUT2D eigenvalue weighted by atomic mass is 28.4. The van der Waals surface area contributed by atoms with Crippen LogP contribution in [0.4, 0.5) is 0 Å². The van der Waals surface area contributed by atoms with E-state index in [1.807, 2.05) is 0 Å². The zero-order chi connectivity index (χ0) is 30.2. The maximum absolute atomic E-state index is 8.12. The molecule has 0 saturated heterocycles. The summed E-state index contributed by atoms with van der Waals surface area (Å²) in [7, 11) is -3.10. The molecule has 0 aromatic carbocycles. The van der Waals surface area contributed by atoms with Gasteiger partial charge >= 0.3 is 12.3 Å². The van der Waals surface area contributed by atoms with Gasteiger partial charge in [-0.25, -0.2) is 0 Å². The third-order valence-electron chi connectivity index (χ3n) is 8.52. The molecule has 0 aromatic heterocycles. The van der Waals surface area contributed by atoms with Gasteiger partial charge in [0.25, 0.3) is 0 Å². The van der Waals surface area contributed by atoms with Crippen molar-refractivity contribution in [3.8, 4) is 0 Å². The SMILES string of the molecule is C=CC[C@@H]1CC[C@@H](O[Si](C)(C)C(C)(C)C)C1.C=CC[C@H]1CC[C@H](O[Si](C)(C)C(C)(C)C)C1.O=C=O.O=C=O. The molecule has 0 aliphatic heterocycles. The fourth-order valence-corrected chi connectivity index (χ4v) is 7.16. The van der Waals surface area contributed by atoms with E-state index in [2.05, 4.69) is 93.0 Å². The molecule has 0 heterocycles. The Balaban J connectivity index is 0. The first kappa shape index (κ1) is 38.7. The van der Waals surface area contributed by atoms with Gasteiger partial charge in [0.15, 0.2) is 16.6 Å². The van der Waals surface area contributed by atoms with Crippen LogP contribution in [-0.4, -0.2) is 41.1 Å². The first-order valence-electron chi connectivity index (χ1n) is 13.9. The Hall–Kier alpha value is -1.41. The Morgan fingerprint density at radius 1 is 0.658 bits per heavy atom. The normalized spacial score (nSPS) is 23.2. The molecular formula is C30H56O6Si2. The van der Waals surface area contributed by atoms with Crippen molar-refractivity contribution >= 4 is 28.9 Å². The largest absolute Gasteiger partial charge is 0.414 e. The smallest absolute Gasteiger partial charge is 0.373 e. The van der Waals surface area contributed by atoms with E-state index in [9.17, 15) is 0 Å². The molecule has 4 atom stereocenters. The molecule has 0 spiro atoms. The number of hydrogen-bond donors (Lipinski definition) is 0. The summed E-state index contributed by atoms with van der Waals surface area (Å²) in [5.41, 5.74) is 0. The van der Waals surface area contributed by atoms with Crippen LogP contribution in [0, 0.1) is 11.8 Å². The van der Waals surface area contributed by atoms with E-state index < -0.39 is 16.6 Å². The molecule has 0 bridgehead atoms. The average Bonchev–Trinajstić information content (AvgIpc) is 3.37. The van der Waals surface area contributed by atoms with Crippen LogP contribution in [0.1, 0.15) is 92.9 Å². The molecular weight excluding hydrogens is 512 g/mol. The van der Waals surface area contributed by atoms with Gasteiger partial charge in [-0.2, -0.15) is 19.2 Å². The number of hydrogen-bond acceptors (Lipinski definition) is 6. The van der Waals surface area contributed by atoms with Crippen LogP contribution in [0.2, 0.25) is 36.3 Å². The van der Waals surface area contributed by atoms with E-state index in [-0.39, 0.29) is 12.3 Å². The van der Waals surface area contributed by atoms with Crippen molar-refractivity contribution in [1.29, 1.82) is 0 Å². The minimum Gasteiger partial charge on any atom is -0.414 e. The van der Waals surface area contributed by atoms with Crippen molar-refractivity contribution in [2.45, 2.75) is 141 Å². The molecule has 6 nitrogen and oxygen atoms in total. The summed E-state index contributed by atoms with van der Waals surface area (Å²) in [5.74, 6) is 1.65. The molecule has 38 heavy (non-hydrogen) atoms. The number of carbonyl (C=O) groups excluding carboxylic acids is 4. The van der Waals surface area contributed by atoms with E-state index in [4.69, 9.17) is 28.0 Å². The number of allylic oxidation sites excluding steroid dienone is 2.